The standard InChI is InChI=1S/C14H28N2O4/c1-14(2,3)16-6-8-20-11-12(16)13(17)15-5-7-19-10-9-18-4/h12H,5-11H2,1-4H3,(H,15,17). The summed E-state index contributed by atoms with van der Waals surface area (Å²) in [7, 11) is 1.63. The first kappa shape index (κ1) is 17.4. The zero-order valence-electron chi connectivity index (χ0n) is 13.1. The van der Waals surface area contributed by atoms with Crippen LogP contribution in [0.25, 0.3) is 0 Å². The second-order valence-electron chi connectivity index (χ2n) is 5.85. The number of hydrogen-bond acceptors (Lipinski definition) is 5. The van der Waals surface area contributed by atoms with E-state index in [0.717, 1.165) is 6.54 Å². The van der Waals surface area contributed by atoms with Crippen molar-refractivity contribution >= 4 is 5.91 Å². The zero-order chi connectivity index (χ0) is 15.0. The first-order valence-electron chi connectivity index (χ1n) is 7.15. The van der Waals surface area contributed by atoms with Crippen molar-refractivity contribution in [3.63, 3.8) is 0 Å². The Hall–Kier alpha value is -0.690. The molecule has 0 aromatic rings. The topological polar surface area (TPSA) is 60.0 Å². The van der Waals surface area contributed by atoms with Crippen LogP contribution in [0.3, 0.4) is 0 Å². The van der Waals surface area contributed by atoms with Gasteiger partial charge < -0.3 is 19.5 Å². The smallest absolute Gasteiger partial charge is 0.239 e. The van der Waals surface area contributed by atoms with E-state index in [0.29, 0.717) is 39.6 Å². The van der Waals surface area contributed by atoms with E-state index in [-0.39, 0.29) is 17.5 Å². The molecule has 1 fully saturated rings. The summed E-state index contributed by atoms with van der Waals surface area (Å²) in [5.74, 6) is 0.00923. The Morgan fingerprint density at radius 2 is 2.10 bits per heavy atom. The normalized spacial score (nSPS) is 20.9. The van der Waals surface area contributed by atoms with E-state index in [9.17, 15) is 4.79 Å². The van der Waals surface area contributed by atoms with Crippen molar-refractivity contribution in [3.8, 4) is 0 Å². The predicted molar refractivity (Wildman–Crippen MR) is 76.8 cm³/mol. The SMILES string of the molecule is COCCOCCNC(=O)C1COCCN1C(C)(C)C. The number of carbonyl (C=O) groups excluding carboxylic acids is 1. The molecule has 6 nitrogen and oxygen atoms in total. The van der Waals surface area contributed by atoms with E-state index < -0.39 is 0 Å². The van der Waals surface area contributed by atoms with Gasteiger partial charge in [0.05, 0.1) is 33.0 Å². The monoisotopic (exact) mass is 288 g/mol. The number of carbonyl (C=O) groups is 1. The molecule has 1 rings (SSSR count). The van der Waals surface area contributed by atoms with Gasteiger partial charge in [-0.1, -0.05) is 0 Å². The van der Waals surface area contributed by atoms with Crippen LogP contribution >= 0.6 is 0 Å². The summed E-state index contributed by atoms with van der Waals surface area (Å²) in [6.07, 6.45) is 0. The van der Waals surface area contributed by atoms with E-state index >= 15 is 0 Å². The second kappa shape index (κ2) is 8.56. The summed E-state index contributed by atoms with van der Waals surface area (Å²) in [6.45, 7) is 10.4. The molecule has 118 valence electrons. The van der Waals surface area contributed by atoms with Crippen LogP contribution in [0.1, 0.15) is 20.8 Å². The highest BCUT2D eigenvalue weighted by Gasteiger charge is 2.35. The molecule has 0 saturated carbocycles. The summed E-state index contributed by atoms with van der Waals surface area (Å²) in [5.41, 5.74) is -0.0409. The number of rotatable bonds is 7. The van der Waals surface area contributed by atoms with Gasteiger partial charge in [0.1, 0.15) is 6.04 Å². The number of nitrogens with one attached hydrogen (secondary N) is 1. The summed E-state index contributed by atoms with van der Waals surface area (Å²) in [5, 5.41) is 2.90. The van der Waals surface area contributed by atoms with Crippen LogP contribution in [-0.4, -0.2) is 75.6 Å². The molecule has 1 unspecified atom stereocenters. The summed E-state index contributed by atoms with van der Waals surface area (Å²) in [4.78, 5) is 14.4. The molecule has 20 heavy (non-hydrogen) atoms. The molecular formula is C14H28N2O4. The maximum Gasteiger partial charge on any atom is 0.239 e. The number of ether oxygens (including phenoxy) is 3. The lowest BCUT2D eigenvalue weighted by Gasteiger charge is -2.43. The maximum absolute atomic E-state index is 12.2. The molecule has 1 saturated heterocycles. The Labute approximate surface area is 121 Å². The van der Waals surface area contributed by atoms with Crippen molar-refractivity contribution < 1.29 is 19.0 Å². The van der Waals surface area contributed by atoms with E-state index in [2.05, 4.69) is 31.0 Å². The first-order chi connectivity index (χ1) is 9.46. The van der Waals surface area contributed by atoms with E-state index in [1.54, 1.807) is 7.11 Å². The largest absolute Gasteiger partial charge is 0.382 e. The van der Waals surface area contributed by atoms with E-state index in [4.69, 9.17) is 14.2 Å². The lowest BCUT2D eigenvalue weighted by molar-refractivity contribution is -0.137. The Bertz CT molecular complexity index is 291. The number of hydrogen-bond donors (Lipinski definition) is 1. The molecule has 0 aromatic heterocycles. The molecule has 1 atom stereocenters. The van der Waals surface area contributed by atoms with Gasteiger partial charge in [-0.15, -0.1) is 0 Å². The average molecular weight is 288 g/mol. The molecule has 0 aromatic carbocycles. The fourth-order valence-corrected chi connectivity index (χ4v) is 2.23. The van der Waals surface area contributed by atoms with Crippen LogP contribution in [0.4, 0.5) is 0 Å². The Morgan fingerprint density at radius 1 is 1.35 bits per heavy atom. The van der Waals surface area contributed by atoms with Gasteiger partial charge >= 0.3 is 0 Å². The van der Waals surface area contributed by atoms with Crippen LogP contribution in [-0.2, 0) is 19.0 Å². The lowest BCUT2D eigenvalue weighted by Crippen LogP contribution is -2.60. The van der Waals surface area contributed by atoms with Crippen molar-refractivity contribution in [2.75, 3.05) is 53.2 Å². The van der Waals surface area contributed by atoms with Crippen molar-refractivity contribution in [3.05, 3.63) is 0 Å². The molecule has 1 amide bonds. The van der Waals surface area contributed by atoms with Crippen molar-refractivity contribution in [2.45, 2.75) is 32.4 Å². The van der Waals surface area contributed by atoms with Crippen molar-refractivity contribution in [1.82, 2.24) is 10.2 Å². The van der Waals surface area contributed by atoms with Gasteiger partial charge in [-0.05, 0) is 20.8 Å². The van der Waals surface area contributed by atoms with Crippen LogP contribution in [0.15, 0.2) is 0 Å². The van der Waals surface area contributed by atoms with Crippen LogP contribution in [0.5, 0.6) is 0 Å². The van der Waals surface area contributed by atoms with Crippen LogP contribution < -0.4 is 5.32 Å². The molecule has 1 N–H and O–H groups in total. The number of morpholine rings is 1. The number of methoxy groups -OCH3 is 1. The fraction of sp³-hybridized carbons (Fsp3) is 0.929. The molecule has 1 aliphatic heterocycles. The quantitative estimate of drug-likeness (QED) is 0.681. The van der Waals surface area contributed by atoms with Gasteiger partial charge in [-0.25, -0.2) is 0 Å². The van der Waals surface area contributed by atoms with Gasteiger partial charge in [-0.3, -0.25) is 9.69 Å². The van der Waals surface area contributed by atoms with Crippen LogP contribution in [0.2, 0.25) is 0 Å². The predicted octanol–water partition coefficient (Wildman–Crippen LogP) is 0.265. The van der Waals surface area contributed by atoms with Crippen molar-refractivity contribution in [2.24, 2.45) is 0 Å². The third kappa shape index (κ3) is 5.75. The summed E-state index contributed by atoms with van der Waals surface area (Å²) >= 11 is 0. The molecule has 0 radical (unpaired) electrons. The highest BCUT2D eigenvalue weighted by atomic mass is 16.5. The Kier molecular flexibility index (Phi) is 7.43. The van der Waals surface area contributed by atoms with Gasteiger partial charge in [0.15, 0.2) is 0 Å². The van der Waals surface area contributed by atoms with Crippen LogP contribution in [0, 0.1) is 0 Å². The third-order valence-corrected chi connectivity index (χ3v) is 3.27. The van der Waals surface area contributed by atoms with Crippen molar-refractivity contribution in [1.29, 1.82) is 0 Å². The minimum atomic E-state index is -0.220. The first-order valence-corrected chi connectivity index (χ1v) is 7.15. The number of amides is 1. The van der Waals surface area contributed by atoms with Gasteiger partial charge in [0, 0.05) is 25.7 Å². The molecule has 0 bridgehead atoms. The lowest BCUT2D eigenvalue weighted by atomic mass is 10.0. The van der Waals surface area contributed by atoms with Gasteiger partial charge in [0.2, 0.25) is 5.91 Å². The van der Waals surface area contributed by atoms with Gasteiger partial charge in [-0.2, -0.15) is 0 Å². The van der Waals surface area contributed by atoms with E-state index in [1.165, 1.54) is 0 Å². The molecule has 1 aliphatic rings. The molecule has 1 heterocycles. The van der Waals surface area contributed by atoms with Gasteiger partial charge in [0.25, 0.3) is 0 Å². The summed E-state index contributed by atoms with van der Waals surface area (Å²) < 4.78 is 15.6. The Balaban J connectivity index is 2.33. The molecule has 0 aliphatic carbocycles. The molecule has 0 spiro atoms. The minimum Gasteiger partial charge on any atom is -0.382 e. The zero-order valence-corrected chi connectivity index (χ0v) is 13.1. The third-order valence-electron chi connectivity index (χ3n) is 3.27. The van der Waals surface area contributed by atoms with E-state index in [1.807, 2.05) is 0 Å². The second-order valence-corrected chi connectivity index (χ2v) is 5.85. The fourth-order valence-electron chi connectivity index (χ4n) is 2.23. The highest BCUT2D eigenvalue weighted by Crippen LogP contribution is 2.19. The molecule has 6 heteroatoms. The number of nitrogens with zero attached hydrogens (tertiary/aromatic N) is 1. The highest BCUT2D eigenvalue weighted by molar-refractivity contribution is 5.82. The average Bonchev–Trinajstić information content (AvgIpc) is 2.41. The maximum atomic E-state index is 12.2. The summed E-state index contributed by atoms with van der Waals surface area (Å²) in [6, 6.07) is -0.220. The molecular weight excluding hydrogens is 260 g/mol. The minimum absolute atomic E-state index is 0.00923. The Morgan fingerprint density at radius 3 is 2.75 bits per heavy atom.